The summed E-state index contributed by atoms with van der Waals surface area (Å²) in [6.07, 6.45) is 10.8. The zero-order chi connectivity index (χ0) is 22.3. The lowest BCUT2D eigenvalue weighted by Crippen LogP contribution is -2.36. The molecule has 1 fully saturated rings. The Morgan fingerprint density at radius 1 is 1.00 bits per heavy atom. The minimum Gasteiger partial charge on any atom is -0.378 e. The Kier molecular flexibility index (Phi) is 5.89. The van der Waals surface area contributed by atoms with Crippen LogP contribution in [0.15, 0.2) is 59.5 Å². The average Bonchev–Trinajstić information content (AvgIpc) is 3.29. The molecule has 4 nitrogen and oxygen atoms in total. The number of allylic oxidation sites excluding steroid dienone is 2. The van der Waals surface area contributed by atoms with E-state index in [1.165, 1.54) is 17.5 Å². The molecule has 170 valence electrons. The number of hydrogen-bond acceptors (Lipinski definition) is 3. The molecule has 3 atom stereocenters. The highest BCUT2D eigenvalue weighted by Crippen LogP contribution is 2.50. The van der Waals surface area contributed by atoms with Crippen molar-refractivity contribution in [3.8, 4) is 0 Å². The molecule has 5 heteroatoms. The lowest BCUT2D eigenvalue weighted by atomic mass is 9.77. The van der Waals surface area contributed by atoms with Gasteiger partial charge in [0.2, 0.25) is 10.0 Å². The van der Waals surface area contributed by atoms with E-state index in [1.54, 1.807) is 6.07 Å². The van der Waals surface area contributed by atoms with Gasteiger partial charge in [0, 0.05) is 17.6 Å². The molecule has 2 aliphatic carbocycles. The normalized spacial score (nSPS) is 25.4. The fraction of sp³-hybridized carbons (Fsp3) is 0.481. The highest BCUT2D eigenvalue weighted by atomic mass is 32.2. The van der Waals surface area contributed by atoms with Crippen LogP contribution >= 0.6 is 0 Å². The number of nitrogens with one attached hydrogen (secondary N) is 2. The molecule has 0 bridgehead atoms. The molecule has 0 amide bonds. The van der Waals surface area contributed by atoms with Gasteiger partial charge in [-0.1, -0.05) is 69.5 Å². The smallest absolute Gasteiger partial charge is 0.240 e. The summed E-state index contributed by atoms with van der Waals surface area (Å²) in [6, 6.07) is 14.9. The summed E-state index contributed by atoms with van der Waals surface area (Å²) >= 11 is 0. The number of rotatable bonds is 5. The van der Waals surface area contributed by atoms with Gasteiger partial charge in [0.15, 0.2) is 0 Å². The molecule has 0 spiro atoms. The summed E-state index contributed by atoms with van der Waals surface area (Å²) in [5.74, 6) is 1.16. The minimum atomic E-state index is -3.50. The molecule has 0 saturated heterocycles. The SMILES string of the molecule is CC(C)c1ccc(C2Nc3ccc(S(=O)(=O)NC4CCCCC4)cc3C3C=CCC32)cc1. The van der Waals surface area contributed by atoms with Crippen LogP contribution in [0.5, 0.6) is 0 Å². The molecule has 0 aromatic heterocycles. The zero-order valence-corrected chi connectivity index (χ0v) is 19.9. The Morgan fingerprint density at radius 3 is 2.47 bits per heavy atom. The van der Waals surface area contributed by atoms with Crippen molar-refractivity contribution in [3.05, 3.63) is 71.3 Å². The molecule has 2 aromatic rings. The third kappa shape index (κ3) is 4.13. The van der Waals surface area contributed by atoms with Crippen LogP contribution in [0, 0.1) is 5.92 Å². The van der Waals surface area contributed by atoms with Gasteiger partial charge in [-0.25, -0.2) is 13.1 Å². The van der Waals surface area contributed by atoms with Gasteiger partial charge in [-0.2, -0.15) is 0 Å². The predicted molar refractivity (Wildman–Crippen MR) is 131 cm³/mol. The maximum Gasteiger partial charge on any atom is 0.240 e. The third-order valence-electron chi connectivity index (χ3n) is 7.53. The van der Waals surface area contributed by atoms with Crippen LogP contribution in [0.25, 0.3) is 0 Å². The molecule has 5 rings (SSSR count). The van der Waals surface area contributed by atoms with Crippen LogP contribution < -0.4 is 10.0 Å². The standard InChI is InChI=1S/C27H34N2O2S/c1-18(2)19-11-13-20(14-12-19)27-24-10-6-9-23(24)25-17-22(15-16-26(25)28-27)32(30,31)29-21-7-4-3-5-8-21/h6,9,11-18,21,23-24,27-29H,3-5,7-8,10H2,1-2H3. The van der Waals surface area contributed by atoms with Gasteiger partial charge in [0.1, 0.15) is 0 Å². The van der Waals surface area contributed by atoms with Crippen molar-refractivity contribution >= 4 is 15.7 Å². The van der Waals surface area contributed by atoms with E-state index in [-0.39, 0.29) is 18.0 Å². The third-order valence-corrected chi connectivity index (χ3v) is 9.05. The zero-order valence-electron chi connectivity index (χ0n) is 19.1. The van der Waals surface area contributed by atoms with Gasteiger partial charge in [-0.3, -0.25) is 0 Å². The van der Waals surface area contributed by atoms with Crippen molar-refractivity contribution in [2.24, 2.45) is 5.92 Å². The lowest BCUT2D eigenvalue weighted by Gasteiger charge is -2.38. The quantitative estimate of drug-likeness (QED) is 0.530. The maximum atomic E-state index is 13.1. The second kappa shape index (κ2) is 8.68. The highest BCUT2D eigenvalue weighted by molar-refractivity contribution is 7.89. The van der Waals surface area contributed by atoms with E-state index in [0.717, 1.165) is 43.4 Å². The van der Waals surface area contributed by atoms with Crippen LogP contribution in [-0.2, 0) is 10.0 Å². The Morgan fingerprint density at radius 2 is 1.75 bits per heavy atom. The molecule has 3 aliphatic rings. The lowest BCUT2D eigenvalue weighted by molar-refractivity contribution is 0.411. The van der Waals surface area contributed by atoms with Crippen molar-refractivity contribution < 1.29 is 8.42 Å². The summed E-state index contributed by atoms with van der Waals surface area (Å²) in [5.41, 5.74) is 4.80. The maximum absolute atomic E-state index is 13.1. The van der Waals surface area contributed by atoms with Gasteiger partial charge >= 0.3 is 0 Å². The van der Waals surface area contributed by atoms with Gasteiger partial charge in [0.05, 0.1) is 10.9 Å². The second-order valence-electron chi connectivity index (χ2n) is 10.0. The van der Waals surface area contributed by atoms with E-state index in [4.69, 9.17) is 0 Å². The van der Waals surface area contributed by atoms with Crippen molar-refractivity contribution in [1.29, 1.82) is 0 Å². The molecular formula is C27H34N2O2S. The molecule has 2 aromatic carbocycles. The highest BCUT2D eigenvalue weighted by Gasteiger charge is 2.38. The molecule has 1 aliphatic heterocycles. The molecule has 32 heavy (non-hydrogen) atoms. The predicted octanol–water partition coefficient (Wildman–Crippen LogP) is 6.25. The Hall–Kier alpha value is -2.11. The first-order valence-electron chi connectivity index (χ1n) is 12.1. The van der Waals surface area contributed by atoms with Crippen molar-refractivity contribution in [3.63, 3.8) is 0 Å². The topological polar surface area (TPSA) is 58.2 Å². The number of fused-ring (bicyclic) bond motifs is 3. The Balaban J connectivity index is 1.43. The summed E-state index contributed by atoms with van der Waals surface area (Å²) < 4.78 is 29.2. The van der Waals surface area contributed by atoms with Crippen molar-refractivity contribution in [2.45, 2.75) is 81.2 Å². The first-order valence-corrected chi connectivity index (χ1v) is 13.6. The summed E-state index contributed by atoms with van der Waals surface area (Å²) in [6.45, 7) is 4.44. The van der Waals surface area contributed by atoms with E-state index in [2.05, 4.69) is 60.3 Å². The number of hydrogen-bond donors (Lipinski definition) is 2. The van der Waals surface area contributed by atoms with E-state index in [1.807, 2.05) is 12.1 Å². The fourth-order valence-corrected chi connectivity index (χ4v) is 7.01. The van der Waals surface area contributed by atoms with Crippen LogP contribution in [0.4, 0.5) is 5.69 Å². The monoisotopic (exact) mass is 450 g/mol. The minimum absolute atomic E-state index is 0.0697. The summed E-state index contributed by atoms with van der Waals surface area (Å²) in [4.78, 5) is 0.391. The van der Waals surface area contributed by atoms with Crippen LogP contribution in [0.1, 0.15) is 86.9 Å². The number of anilines is 1. The summed E-state index contributed by atoms with van der Waals surface area (Å²) in [5, 5.41) is 3.74. The largest absolute Gasteiger partial charge is 0.378 e. The number of sulfonamides is 1. The van der Waals surface area contributed by atoms with E-state index < -0.39 is 10.0 Å². The van der Waals surface area contributed by atoms with Crippen LogP contribution in [0.2, 0.25) is 0 Å². The first kappa shape index (κ1) is 21.7. The average molecular weight is 451 g/mol. The van der Waals surface area contributed by atoms with E-state index in [0.29, 0.717) is 16.7 Å². The van der Waals surface area contributed by atoms with Gasteiger partial charge in [-0.05, 0) is 66.0 Å². The number of benzene rings is 2. The molecular weight excluding hydrogens is 416 g/mol. The fourth-order valence-electron chi connectivity index (χ4n) is 5.67. The molecule has 0 radical (unpaired) electrons. The molecule has 1 saturated carbocycles. The van der Waals surface area contributed by atoms with Gasteiger partial charge < -0.3 is 5.32 Å². The second-order valence-corrected chi connectivity index (χ2v) is 11.7. The van der Waals surface area contributed by atoms with E-state index in [9.17, 15) is 8.42 Å². The summed E-state index contributed by atoms with van der Waals surface area (Å²) in [7, 11) is -3.50. The van der Waals surface area contributed by atoms with Crippen LogP contribution in [-0.4, -0.2) is 14.5 Å². The molecule has 1 heterocycles. The van der Waals surface area contributed by atoms with Crippen molar-refractivity contribution in [1.82, 2.24) is 4.72 Å². The van der Waals surface area contributed by atoms with Crippen molar-refractivity contribution in [2.75, 3.05) is 5.32 Å². The van der Waals surface area contributed by atoms with Gasteiger partial charge in [0.25, 0.3) is 0 Å². The van der Waals surface area contributed by atoms with E-state index >= 15 is 0 Å². The van der Waals surface area contributed by atoms with Crippen LogP contribution in [0.3, 0.4) is 0 Å². The Labute approximate surface area is 192 Å². The first-order chi connectivity index (χ1) is 15.4. The molecule has 3 unspecified atom stereocenters. The molecule has 2 N–H and O–H groups in total. The Bertz CT molecular complexity index is 1100. The van der Waals surface area contributed by atoms with Gasteiger partial charge in [-0.15, -0.1) is 0 Å².